The van der Waals surface area contributed by atoms with Crippen molar-refractivity contribution >= 4 is 125 Å². The van der Waals surface area contributed by atoms with E-state index in [-0.39, 0.29) is 12.4 Å². The van der Waals surface area contributed by atoms with Crippen LogP contribution in [-0.2, 0) is 0 Å². The first-order valence-corrected chi connectivity index (χ1v) is 24.7. The standard InChI is InChI=1S/C33H23BN2O.C32H24ClN3O/c1-22-19-20-30-25(21-22)32-33(37-30)34-26-15-8-9-16-27(26)35(23-11-4-2-5-12-23)28-17-10-18-29(31(28)34)36(32)24-13-6-3-7-14-24;1-23-20-27-30(22-37-31(27)21-34-23)36(26-16-9-4-10-17-26)29-19-11-18-28(32(29)33)35(24-12-5-2-6-13-24)25-14-7-3-8-15-25/h2-21H,1H3;2-22H,1H3/i2*1D3. The minimum atomic E-state index is -2.36. The lowest BCUT2D eigenvalue weighted by Crippen LogP contribution is -2.60. The SMILES string of the molecule is [2H]C([2H])([2H])c1cc2c(N(c3ccccc3)c3cccc(N(c4ccccc4)c4ccccc4)c3Cl)coc2cn1.[2H]C([2H])([2H])c1ccc2oc3c(c2c1)N(c1ccccc1)c1cccc2c1B3c1ccccc1N2c1ccccc1. The van der Waals surface area contributed by atoms with Crippen LogP contribution in [0.25, 0.3) is 21.9 Å². The third kappa shape index (κ3) is 7.66. The van der Waals surface area contributed by atoms with Crippen LogP contribution >= 0.6 is 11.6 Å². The van der Waals surface area contributed by atoms with Crippen molar-refractivity contribution in [2.45, 2.75) is 13.7 Å². The molecule has 0 bridgehead atoms. The first-order chi connectivity index (χ1) is 38.9. The number of anilines is 12. The average molecular weight is 982 g/mol. The summed E-state index contributed by atoms with van der Waals surface area (Å²) in [4.78, 5) is 12.8. The fourth-order valence-corrected chi connectivity index (χ4v) is 10.9. The summed E-state index contributed by atoms with van der Waals surface area (Å²) < 4.78 is 60.4. The van der Waals surface area contributed by atoms with Gasteiger partial charge in [0.1, 0.15) is 11.8 Å². The van der Waals surface area contributed by atoms with Gasteiger partial charge in [-0.05, 0) is 134 Å². The Bertz CT molecular complexity index is 4180. The van der Waals surface area contributed by atoms with Gasteiger partial charge in [-0.15, -0.1) is 0 Å². The molecule has 7 nitrogen and oxygen atoms in total. The van der Waals surface area contributed by atoms with Crippen molar-refractivity contribution in [3.63, 3.8) is 0 Å². The lowest BCUT2D eigenvalue weighted by atomic mass is 9.35. The molecule has 0 radical (unpaired) electrons. The van der Waals surface area contributed by atoms with Crippen molar-refractivity contribution in [1.29, 1.82) is 0 Å². The van der Waals surface area contributed by atoms with Crippen LogP contribution < -0.4 is 36.2 Å². The minimum Gasteiger partial charge on any atom is -0.468 e. The Balaban J connectivity index is 0.000000151. The topological polar surface area (TPSA) is 52.1 Å². The van der Waals surface area contributed by atoms with E-state index in [2.05, 4.69) is 98.5 Å². The highest BCUT2D eigenvalue weighted by Crippen LogP contribution is 2.49. The van der Waals surface area contributed by atoms with Gasteiger partial charge in [-0.3, -0.25) is 4.98 Å². The summed E-state index contributed by atoms with van der Waals surface area (Å²) in [6, 6.07) is 78.1. The van der Waals surface area contributed by atoms with Crippen molar-refractivity contribution in [3.8, 4) is 0 Å². The molecule has 0 spiro atoms. The molecular weight excluding hydrogens is 929 g/mol. The molecule has 0 fully saturated rings. The molecule has 354 valence electrons. The van der Waals surface area contributed by atoms with E-state index in [0.717, 1.165) is 78.8 Å². The fourth-order valence-electron chi connectivity index (χ4n) is 10.6. The Morgan fingerprint density at radius 3 is 1.70 bits per heavy atom. The number of halogens is 1. The molecule has 0 N–H and O–H groups in total. The van der Waals surface area contributed by atoms with Gasteiger partial charge in [-0.1, -0.05) is 145 Å². The minimum absolute atomic E-state index is 0.00478. The van der Waals surface area contributed by atoms with Crippen LogP contribution in [0.1, 0.15) is 19.5 Å². The van der Waals surface area contributed by atoms with Crippen molar-refractivity contribution in [2.24, 2.45) is 0 Å². The molecule has 12 aromatic rings. The average Bonchev–Trinajstić information content (AvgIpc) is 3.05. The molecular formula is C65H47BClN5O2. The molecule has 0 saturated heterocycles. The van der Waals surface area contributed by atoms with Gasteiger partial charge in [0.2, 0.25) is 0 Å². The molecule has 0 saturated carbocycles. The Morgan fingerprint density at radius 2 is 1.05 bits per heavy atom. The van der Waals surface area contributed by atoms with E-state index in [1.165, 1.54) is 6.20 Å². The quantitative estimate of drug-likeness (QED) is 0.141. The summed E-state index contributed by atoms with van der Waals surface area (Å²) in [5.74, 6) is 0. The van der Waals surface area contributed by atoms with E-state index in [1.807, 2.05) is 138 Å². The summed E-state index contributed by atoms with van der Waals surface area (Å²) >= 11 is 7.30. The van der Waals surface area contributed by atoms with Gasteiger partial charge in [0.15, 0.2) is 5.58 Å². The van der Waals surface area contributed by atoms with Crippen LogP contribution in [0.3, 0.4) is 0 Å². The van der Waals surface area contributed by atoms with Crippen LogP contribution in [0.15, 0.2) is 258 Å². The van der Waals surface area contributed by atoms with E-state index < -0.39 is 13.7 Å². The van der Waals surface area contributed by atoms with E-state index in [4.69, 9.17) is 28.7 Å². The third-order valence-electron chi connectivity index (χ3n) is 13.7. The van der Waals surface area contributed by atoms with Gasteiger partial charge < -0.3 is 28.4 Å². The summed E-state index contributed by atoms with van der Waals surface area (Å²) in [5, 5.41) is 1.93. The van der Waals surface area contributed by atoms with Crippen molar-refractivity contribution in [1.82, 2.24) is 4.98 Å². The number of aromatic nitrogens is 1. The molecule has 0 aliphatic carbocycles. The Hall–Kier alpha value is -9.24. The predicted octanol–water partition coefficient (Wildman–Crippen LogP) is 16.6. The second-order valence-electron chi connectivity index (χ2n) is 18.0. The number of hydrogen-bond acceptors (Lipinski definition) is 7. The summed E-state index contributed by atoms with van der Waals surface area (Å²) in [5.41, 5.74) is 15.7. The number of hydrogen-bond donors (Lipinski definition) is 0. The zero-order valence-electron chi connectivity index (χ0n) is 45.7. The van der Waals surface area contributed by atoms with Crippen LogP contribution in [0, 0.1) is 13.7 Å². The largest absolute Gasteiger partial charge is 0.468 e. The first-order valence-electron chi connectivity index (χ1n) is 27.3. The first kappa shape index (κ1) is 38.4. The fraction of sp³-hybridized carbons (Fsp3) is 0.0308. The monoisotopic (exact) mass is 981 g/mol. The van der Waals surface area contributed by atoms with Gasteiger partial charge >= 0.3 is 0 Å². The number of pyridine rings is 1. The summed E-state index contributed by atoms with van der Waals surface area (Å²) in [6.45, 7) is -4.73. The highest BCUT2D eigenvalue weighted by Gasteiger charge is 2.46. The Morgan fingerprint density at radius 1 is 0.500 bits per heavy atom. The normalized spacial score (nSPS) is 13.7. The number of aryl methyl sites for hydroxylation is 2. The molecule has 3 aromatic heterocycles. The van der Waals surface area contributed by atoms with Crippen molar-refractivity contribution in [3.05, 3.63) is 265 Å². The van der Waals surface area contributed by atoms with Gasteiger partial charge in [-0.25, -0.2) is 0 Å². The maximum absolute atomic E-state index is 8.07. The number of fused-ring (bicyclic) bond motifs is 7. The lowest BCUT2D eigenvalue weighted by molar-refractivity contribution is 0.614. The van der Waals surface area contributed by atoms with E-state index >= 15 is 0 Å². The number of furan rings is 2. The number of rotatable bonds is 8. The molecule has 14 rings (SSSR count). The highest BCUT2D eigenvalue weighted by atomic mass is 35.5. The highest BCUT2D eigenvalue weighted by molar-refractivity contribution is 7.00. The second-order valence-corrected chi connectivity index (χ2v) is 18.4. The summed E-state index contributed by atoms with van der Waals surface area (Å²) in [6.07, 6.45) is 3.06. The van der Waals surface area contributed by atoms with Gasteiger partial charge in [0.25, 0.3) is 6.71 Å². The summed E-state index contributed by atoms with van der Waals surface area (Å²) in [7, 11) is 0. The molecule has 0 atom stereocenters. The molecule has 74 heavy (non-hydrogen) atoms. The van der Waals surface area contributed by atoms with Crippen molar-refractivity contribution < 1.29 is 17.1 Å². The third-order valence-corrected chi connectivity index (χ3v) is 14.1. The van der Waals surface area contributed by atoms with Gasteiger partial charge in [0.05, 0.1) is 39.6 Å². The number of benzene rings is 9. The molecule has 5 heterocycles. The van der Waals surface area contributed by atoms with Crippen molar-refractivity contribution in [2.75, 3.05) is 19.6 Å². The van der Waals surface area contributed by atoms with Crippen LogP contribution in [0.4, 0.5) is 68.2 Å². The molecule has 2 aliphatic heterocycles. The molecule has 2 aliphatic rings. The van der Waals surface area contributed by atoms with Gasteiger partial charge in [0, 0.05) is 70.2 Å². The van der Waals surface area contributed by atoms with E-state index in [0.29, 0.717) is 38.5 Å². The molecule has 9 aromatic carbocycles. The Labute approximate surface area is 443 Å². The van der Waals surface area contributed by atoms with Crippen LogP contribution in [-0.4, -0.2) is 11.7 Å². The predicted molar refractivity (Wildman–Crippen MR) is 308 cm³/mol. The molecule has 0 amide bonds. The number of nitrogens with zero attached hydrogens (tertiary/aromatic N) is 5. The molecule has 0 unspecified atom stereocenters. The zero-order valence-corrected chi connectivity index (χ0v) is 40.4. The lowest BCUT2D eigenvalue weighted by Gasteiger charge is -2.42. The second kappa shape index (κ2) is 18.7. The maximum Gasteiger partial charge on any atom is 0.297 e. The smallest absolute Gasteiger partial charge is 0.297 e. The van der Waals surface area contributed by atoms with E-state index in [1.54, 1.807) is 30.5 Å². The van der Waals surface area contributed by atoms with Gasteiger partial charge in [-0.2, -0.15) is 0 Å². The van der Waals surface area contributed by atoms with Crippen LogP contribution in [0.5, 0.6) is 0 Å². The zero-order chi connectivity index (χ0) is 54.7. The number of para-hydroxylation sites is 6. The van der Waals surface area contributed by atoms with Crippen LogP contribution in [0.2, 0.25) is 5.02 Å². The van der Waals surface area contributed by atoms with E-state index in [9.17, 15) is 0 Å². The molecule has 9 heteroatoms. The maximum atomic E-state index is 8.07. The Kier molecular flexibility index (Phi) is 9.74.